The first-order valence-corrected chi connectivity index (χ1v) is 6.92. The van der Waals surface area contributed by atoms with Gasteiger partial charge in [0.1, 0.15) is 0 Å². The third-order valence-corrected chi connectivity index (χ3v) is 4.20. The molecule has 0 aliphatic carbocycles. The van der Waals surface area contributed by atoms with Crippen molar-refractivity contribution >= 4 is 0 Å². The van der Waals surface area contributed by atoms with Gasteiger partial charge in [0.2, 0.25) is 0 Å². The molecule has 0 bridgehead atoms. The van der Waals surface area contributed by atoms with Crippen LogP contribution in [0.25, 0.3) is 0 Å². The van der Waals surface area contributed by atoms with E-state index in [0.29, 0.717) is 0 Å². The average molecular weight is 287 g/mol. The molecule has 112 valence electrons. The first-order chi connectivity index (χ1) is 9.35. The van der Waals surface area contributed by atoms with Gasteiger partial charge >= 0.3 is 0 Å². The van der Waals surface area contributed by atoms with Crippen molar-refractivity contribution in [3.05, 3.63) is 35.1 Å². The maximum absolute atomic E-state index is 13.8. The fraction of sp³-hybridized carbons (Fsp3) is 0.600. The molecule has 1 heterocycles. The zero-order valence-corrected chi connectivity index (χ0v) is 11.8. The maximum Gasteiger partial charge on any atom is 0.194 e. The summed E-state index contributed by atoms with van der Waals surface area (Å²) in [4.78, 5) is 2.07. The van der Waals surface area contributed by atoms with Crippen LogP contribution in [0.2, 0.25) is 0 Å². The second-order valence-corrected chi connectivity index (χ2v) is 5.87. The molecule has 1 unspecified atom stereocenters. The Hall–Kier alpha value is -1.07. The molecular formula is C15H20F3NO. The highest BCUT2D eigenvalue weighted by Crippen LogP contribution is 2.35. The van der Waals surface area contributed by atoms with Crippen molar-refractivity contribution in [1.82, 2.24) is 4.90 Å². The van der Waals surface area contributed by atoms with E-state index >= 15 is 0 Å². The van der Waals surface area contributed by atoms with Gasteiger partial charge in [-0.3, -0.25) is 4.90 Å². The lowest BCUT2D eigenvalue weighted by molar-refractivity contribution is -0.0228. The molecule has 0 saturated carbocycles. The smallest absolute Gasteiger partial charge is 0.194 e. The van der Waals surface area contributed by atoms with E-state index in [0.717, 1.165) is 44.5 Å². The van der Waals surface area contributed by atoms with E-state index < -0.39 is 29.1 Å². The quantitative estimate of drug-likeness (QED) is 0.861. The number of nitrogens with zero attached hydrogens (tertiary/aromatic N) is 1. The van der Waals surface area contributed by atoms with E-state index in [-0.39, 0.29) is 5.56 Å². The van der Waals surface area contributed by atoms with Gasteiger partial charge in [0.25, 0.3) is 0 Å². The van der Waals surface area contributed by atoms with Crippen LogP contribution in [0.5, 0.6) is 0 Å². The molecule has 2 rings (SSSR count). The Morgan fingerprint density at radius 1 is 1.05 bits per heavy atom. The average Bonchev–Trinajstić information content (AvgIpc) is 2.45. The van der Waals surface area contributed by atoms with Crippen molar-refractivity contribution in [2.45, 2.75) is 44.8 Å². The fourth-order valence-electron chi connectivity index (χ4n) is 2.78. The number of benzene rings is 1. The van der Waals surface area contributed by atoms with E-state index in [1.807, 2.05) is 0 Å². The van der Waals surface area contributed by atoms with Crippen molar-refractivity contribution in [1.29, 1.82) is 0 Å². The lowest BCUT2D eigenvalue weighted by atomic mass is 9.87. The minimum Gasteiger partial charge on any atom is -0.386 e. The summed E-state index contributed by atoms with van der Waals surface area (Å²) in [6, 6.07) is 1.97. The first kappa shape index (κ1) is 15.3. The third-order valence-electron chi connectivity index (χ3n) is 4.20. The molecule has 0 spiro atoms. The van der Waals surface area contributed by atoms with E-state index in [1.165, 1.54) is 0 Å². The van der Waals surface area contributed by atoms with Crippen LogP contribution in [0.15, 0.2) is 12.1 Å². The van der Waals surface area contributed by atoms with Crippen LogP contribution in [0.3, 0.4) is 0 Å². The summed E-state index contributed by atoms with van der Waals surface area (Å²) in [5, 5.41) is 10.4. The summed E-state index contributed by atoms with van der Waals surface area (Å²) < 4.78 is 40.1. The highest BCUT2D eigenvalue weighted by atomic mass is 19.2. The number of aliphatic hydroxyl groups is 1. The fourth-order valence-corrected chi connectivity index (χ4v) is 2.78. The molecule has 0 amide bonds. The van der Waals surface area contributed by atoms with Crippen molar-refractivity contribution in [3.8, 4) is 0 Å². The molecule has 1 fully saturated rings. The lowest BCUT2D eigenvalue weighted by Crippen LogP contribution is -2.50. The molecule has 0 aromatic heterocycles. The van der Waals surface area contributed by atoms with E-state index in [1.54, 1.807) is 13.8 Å². The molecule has 1 aromatic carbocycles. The predicted octanol–water partition coefficient (Wildman–Crippen LogP) is 3.40. The minimum atomic E-state index is -1.53. The zero-order valence-electron chi connectivity index (χ0n) is 11.8. The van der Waals surface area contributed by atoms with Crippen LogP contribution >= 0.6 is 0 Å². The molecule has 2 nitrogen and oxygen atoms in total. The standard InChI is InChI=1S/C15H20F3NO/c1-15(2,19-8-4-3-5-9-19)14(20)10-6-7-11(16)13(18)12(10)17/h6-7,14,20H,3-5,8-9H2,1-2H3. The third kappa shape index (κ3) is 2.69. The van der Waals surface area contributed by atoms with E-state index in [2.05, 4.69) is 4.90 Å². The molecule has 1 saturated heterocycles. The van der Waals surface area contributed by atoms with Crippen molar-refractivity contribution in [2.24, 2.45) is 0 Å². The minimum absolute atomic E-state index is 0.195. The van der Waals surface area contributed by atoms with Gasteiger partial charge in [0.15, 0.2) is 17.5 Å². The summed E-state index contributed by atoms with van der Waals surface area (Å²) >= 11 is 0. The topological polar surface area (TPSA) is 23.5 Å². The van der Waals surface area contributed by atoms with Crippen LogP contribution in [0.1, 0.15) is 44.8 Å². The van der Waals surface area contributed by atoms with E-state index in [9.17, 15) is 18.3 Å². The Bertz CT molecular complexity index is 484. The molecule has 20 heavy (non-hydrogen) atoms. The van der Waals surface area contributed by atoms with Gasteiger partial charge in [0.05, 0.1) is 6.10 Å². The molecule has 1 aliphatic heterocycles. The van der Waals surface area contributed by atoms with Crippen LogP contribution in [-0.2, 0) is 0 Å². The Morgan fingerprint density at radius 2 is 1.65 bits per heavy atom. The largest absolute Gasteiger partial charge is 0.386 e. The SMILES string of the molecule is CC(C)(C(O)c1ccc(F)c(F)c1F)N1CCCCC1. The van der Waals surface area contributed by atoms with Gasteiger partial charge in [-0.25, -0.2) is 13.2 Å². The van der Waals surface area contributed by atoms with Gasteiger partial charge in [-0.05, 0) is 45.8 Å². The summed E-state index contributed by atoms with van der Waals surface area (Å²) in [5.74, 6) is -4.08. The molecule has 0 radical (unpaired) electrons. The number of rotatable bonds is 3. The Morgan fingerprint density at radius 3 is 2.25 bits per heavy atom. The van der Waals surface area contributed by atoms with Crippen LogP contribution < -0.4 is 0 Å². The second kappa shape index (κ2) is 5.74. The van der Waals surface area contributed by atoms with Gasteiger partial charge in [-0.1, -0.05) is 12.5 Å². The Labute approximate surface area is 117 Å². The number of piperidine rings is 1. The first-order valence-electron chi connectivity index (χ1n) is 6.92. The predicted molar refractivity (Wildman–Crippen MR) is 70.8 cm³/mol. The Balaban J connectivity index is 2.29. The van der Waals surface area contributed by atoms with Crippen molar-refractivity contribution < 1.29 is 18.3 Å². The lowest BCUT2D eigenvalue weighted by Gasteiger charge is -2.44. The number of likely N-dealkylation sites (tertiary alicyclic amines) is 1. The molecule has 1 atom stereocenters. The monoisotopic (exact) mass is 287 g/mol. The molecule has 1 aromatic rings. The number of hydrogen-bond acceptors (Lipinski definition) is 2. The van der Waals surface area contributed by atoms with Crippen LogP contribution in [0.4, 0.5) is 13.2 Å². The van der Waals surface area contributed by atoms with Gasteiger partial charge in [-0.15, -0.1) is 0 Å². The zero-order chi connectivity index (χ0) is 14.9. The molecule has 1 aliphatic rings. The van der Waals surface area contributed by atoms with Crippen LogP contribution in [-0.4, -0.2) is 28.6 Å². The Kier molecular flexibility index (Phi) is 4.39. The number of hydrogen-bond donors (Lipinski definition) is 1. The summed E-state index contributed by atoms with van der Waals surface area (Å²) in [7, 11) is 0. The van der Waals surface area contributed by atoms with Gasteiger partial charge < -0.3 is 5.11 Å². The summed E-state index contributed by atoms with van der Waals surface area (Å²) in [5.41, 5.74) is -0.926. The van der Waals surface area contributed by atoms with Gasteiger partial charge in [-0.2, -0.15) is 0 Å². The second-order valence-electron chi connectivity index (χ2n) is 5.87. The molecule has 5 heteroatoms. The maximum atomic E-state index is 13.8. The van der Waals surface area contributed by atoms with E-state index in [4.69, 9.17) is 0 Å². The van der Waals surface area contributed by atoms with Gasteiger partial charge in [0, 0.05) is 11.1 Å². The summed E-state index contributed by atoms with van der Waals surface area (Å²) in [6.45, 7) is 5.22. The van der Waals surface area contributed by atoms with Crippen molar-refractivity contribution in [3.63, 3.8) is 0 Å². The molecular weight excluding hydrogens is 267 g/mol. The summed E-state index contributed by atoms with van der Waals surface area (Å²) in [6.07, 6.45) is 1.98. The number of halogens is 3. The molecule has 1 N–H and O–H groups in total. The normalized spacial score (nSPS) is 19.1. The number of aliphatic hydroxyl groups excluding tert-OH is 1. The van der Waals surface area contributed by atoms with Crippen molar-refractivity contribution in [2.75, 3.05) is 13.1 Å². The van der Waals surface area contributed by atoms with Crippen LogP contribution in [0, 0.1) is 17.5 Å². The highest BCUT2D eigenvalue weighted by molar-refractivity contribution is 5.25. The highest BCUT2D eigenvalue weighted by Gasteiger charge is 2.37.